The molecule has 2 aromatic carbocycles. The average molecular weight is 531 g/mol. The molecule has 1 amide bonds. The van der Waals surface area contributed by atoms with Gasteiger partial charge in [-0.25, -0.2) is 0 Å². The van der Waals surface area contributed by atoms with Gasteiger partial charge in [0.2, 0.25) is 0 Å². The van der Waals surface area contributed by atoms with E-state index in [1.54, 1.807) is 44.6 Å². The van der Waals surface area contributed by atoms with E-state index in [1.165, 1.54) is 13.2 Å². The highest BCUT2D eigenvalue weighted by Crippen LogP contribution is 2.34. The van der Waals surface area contributed by atoms with E-state index in [4.69, 9.17) is 18.9 Å². The first-order valence-corrected chi connectivity index (χ1v) is 11.2. The molecule has 34 heavy (non-hydrogen) atoms. The Labute approximate surface area is 207 Å². The van der Waals surface area contributed by atoms with E-state index in [2.05, 4.69) is 21.2 Å². The molecule has 0 aromatic heterocycles. The number of hydrogen-bond acceptors (Lipinski definition) is 7. The number of nitriles is 1. The lowest BCUT2D eigenvalue weighted by atomic mass is 10.1. The van der Waals surface area contributed by atoms with Gasteiger partial charge >= 0.3 is 5.97 Å². The highest BCUT2D eigenvalue weighted by atomic mass is 79.9. The second kappa shape index (κ2) is 12.7. The number of ether oxygens (including phenoxy) is 4. The molecule has 0 bridgehead atoms. The van der Waals surface area contributed by atoms with Gasteiger partial charge in [0, 0.05) is 10.5 Å². The molecule has 1 N–H and O–H groups in total. The molecule has 0 fully saturated rings. The average Bonchev–Trinajstić information content (AvgIpc) is 2.81. The number of nitrogens with one attached hydrogen (secondary N) is 1. The van der Waals surface area contributed by atoms with Crippen LogP contribution in [0.1, 0.15) is 31.4 Å². The fourth-order valence-corrected chi connectivity index (χ4v) is 3.53. The quantitative estimate of drug-likeness (QED) is 0.209. The molecule has 9 heteroatoms. The number of amides is 1. The summed E-state index contributed by atoms with van der Waals surface area (Å²) in [5.74, 6) is 0.779. The molecule has 2 rings (SSSR count). The summed E-state index contributed by atoms with van der Waals surface area (Å²) in [4.78, 5) is 24.6. The molecule has 0 aliphatic carbocycles. The SMILES string of the molecule is COc1cc(Br)c(CCC(=O)Oc2ccc(/C=C(\C#N)C(=O)NC(C)C)cc2OC)cc1OC. The maximum Gasteiger partial charge on any atom is 0.311 e. The van der Waals surface area contributed by atoms with Crippen molar-refractivity contribution in [3.05, 3.63) is 51.5 Å². The minimum absolute atomic E-state index is 0.0407. The van der Waals surface area contributed by atoms with Gasteiger partial charge in [-0.2, -0.15) is 5.26 Å². The molecular formula is C25H27BrN2O6. The fourth-order valence-electron chi connectivity index (χ4n) is 3.01. The number of aryl methyl sites for hydroxylation is 1. The predicted molar refractivity (Wildman–Crippen MR) is 131 cm³/mol. The monoisotopic (exact) mass is 530 g/mol. The summed E-state index contributed by atoms with van der Waals surface area (Å²) in [6.45, 7) is 3.62. The predicted octanol–water partition coefficient (Wildman–Crippen LogP) is 4.44. The van der Waals surface area contributed by atoms with Crippen LogP contribution in [0.2, 0.25) is 0 Å². The molecule has 0 aliphatic heterocycles. The van der Waals surface area contributed by atoms with Gasteiger partial charge in [0.15, 0.2) is 23.0 Å². The van der Waals surface area contributed by atoms with Crippen LogP contribution in [0.5, 0.6) is 23.0 Å². The molecule has 0 unspecified atom stereocenters. The Balaban J connectivity index is 2.13. The van der Waals surface area contributed by atoms with Crippen LogP contribution in [0.15, 0.2) is 40.4 Å². The zero-order valence-electron chi connectivity index (χ0n) is 19.7. The molecule has 0 heterocycles. The molecule has 0 spiro atoms. The number of methoxy groups -OCH3 is 3. The van der Waals surface area contributed by atoms with E-state index in [9.17, 15) is 14.9 Å². The zero-order valence-corrected chi connectivity index (χ0v) is 21.3. The number of carbonyl (C=O) groups is 2. The number of rotatable bonds is 10. The smallest absolute Gasteiger partial charge is 0.311 e. The van der Waals surface area contributed by atoms with Crippen molar-refractivity contribution < 1.29 is 28.5 Å². The van der Waals surface area contributed by atoms with Crippen LogP contribution in [-0.2, 0) is 16.0 Å². The largest absolute Gasteiger partial charge is 0.493 e. The zero-order chi connectivity index (χ0) is 25.3. The Morgan fingerprint density at radius 1 is 1.03 bits per heavy atom. The topological polar surface area (TPSA) is 107 Å². The van der Waals surface area contributed by atoms with Crippen molar-refractivity contribution in [3.8, 4) is 29.1 Å². The third-order valence-corrected chi connectivity index (χ3v) is 5.40. The fraction of sp³-hybridized carbons (Fsp3) is 0.320. The van der Waals surface area contributed by atoms with Crippen LogP contribution in [-0.4, -0.2) is 39.2 Å². The maximum atomic E-state index is 12.5. The summed E-state index contributed by atoms with van der Waals surface area (Å²) in [6, 6.07) is 10.2. The van der Waals surface area contributed by atoms with Gasteiger partial charge in [0.25, 0.3) is 5.91 Å². The lowest BCUT2D eigenvalue weighted by Crippen LogP contribution is -2.30. The first-order valence-electron chi connectivity index (χ1n) is 10.4. The number of carbonyl (C=O) groups excluding carboxylic acids is 2. The van der Waals surface area contributed by atoms with Crippen molar-refractivity contribution in [3.63, 3.8) is 0 Å². The van der Waals surface area contributed by atoms with Crippen molar-refractivity contribution in [1.29, 1.82) is 5.26 Å². The van der Waals surface area contributed by atoms with Crippen LogP contribution in [0, 0.1) is 11.3 Å². The third kappa shape index (κ3) is 7.25. The Kier molecular flexibility index (Phi) is 9.95. The Hall–Kier alpha value is -3.51. The van der Waals surface area contributed by atoms with Crippen LogP contribution in [0.25, 0.3) is 6.08 Å². The summed E-state index contributed by atoms with van der Waals surface area (Å²) in [6.07, 6.45) is 1.98. The molecule has 0 aliphatic rings. The van der Waals surface area contributed by atoms with Gasteiger partial charge in [-0.1, -0.05) is 22.0 Å². The van der Waals surface area contributed by atoms with Crippen molar-refractivity contribution in [2.75, 3.05) is 21.3 Å². The Bertz CT molecular complexity index is 1120. The van der Waals surface area contributed by atoms with Crippen LogP contribution in [0.4, 0.5) is 0 Å². The highest BCUT2D eigenvalue weighted by Gasteiger charge is 2.15. The van der Waals surface area contributed by atoms with E-state index in [0.717, 1.165) is 10.0 Å². The van der Waals surface area contributed by atoms with Gasteiger partial charge in [-0.05, 0) is 61.7 Å². The van der Waals surface area contributed by atoms with Crippen molar-refractivity contribution in [1.82, 2.24) is 5.32 Å². The van der Waals surface area contributed by atoms with E-state index in [1.807, 2.05) is 19.9 Å². The van der Waals surface area contributed by atoms with Gasteiger partial charge in [-0.15, -0.1) is 0 Å². The number of halogens is 1. The van der Waals surface area contributed by atoms with Crippen LogP contribution < -0.4 is 24.3 Å². The van der Waals surface area contributed by atoms with E-state index < -0.39 is 11.9 Å². The molecular weight excluding hydrogens is 504 g/mol. The maximum absolute atomic E-state index is 12.5. The van der Waals surface area contributed by atoms with Crippen molar-refractivity contribution >= 4 is 33.9 Å². The molecule has 0 saturated carbocycles. The van der Waals surface area contributed by atoms with Crippen molar-refractivity contribution in [2.24, 2.45) is 0 Å². The lowest BCUT2D eigenvalue weighted by Gasteiger charge is -2.13. The molecule has 2 aromatic rings. The number of benzene rings is 2. The molecule has 0 atom stereocenters. The number of hydrogen-bond donors (Lipinski definition) is 1. The summed E-state index contributed by atoms with van der Waals surface area (Å²) < 4.78 is 22.2. The minimum atomic E-state index is -0.465. The second-order valence-electron chi connectivity index (χ2n) is 7.48. The van der Waals surface area contributed by atoms with Crippen LogP contribution in [0.3, 0.4) is 0 Å². The lowest BCUT2D eigenvalue weighted by molar-refractivity contribution is -0.134. The number of esters is 1. The Morgan fingerprint density at radius 3 is 2.24 bits per heavy atom. The Morgan fingerprint density at radius 2 is 1.65 bits per heavy atom. The van der Waals surface area contributed by atoms with E-state index >= 15 is 0 Å². The van der Waals surface area contributed by atoms with Gasteiger partial charge < -0.3 is 24.3 Å². The van der Waals surface area contributed by atoms with Crippen molar-refractivity contribution in [2.45, 2.75) is 32.7 Å². The number of nitrogens with zero attached hydrogens (tertiary/aromatic N) is 1. The second-order valence-corrected chi connectivity index (χ2v) is 8.34. The van der Waals surface area contributed by atoms with Crippen LogP contribution >= 0.6 is 15.9 Å². The standard InChI is InChI=1S/C25H27BrN2O6/c1-15(2)28-25(30)18(14-27)10-16-6-8-20(21(11-16)31-3)34-24(29)9-7-17-12-22(32-4)23(33-5)13-19(17)26/h6,8,10-13,15H,7,9H2,1-5H3,(H,28,30)/b18-10+. The first kappa shape index (κ1) is 26.7. The summed E-state index contributed by atoms with van der Waals surface area (Å²) >= 11 is 3.48. The van der Waals surface area contributed by atoms with Gasteiger partial charge in [0.05, 0.1) is 27.8 Å². The first-order chi connectivity index (χ1) is 16.2. The molecule has 180 valence electrons. The summed E-state index contributed by atoms with van der Waals surface area (Å²) in [5, 5.41) is 12.0. The van der Waals surface area contributed by atoms with E-state index in [0.29, 0.717) is 29.2 Å². The summed E-state index contributed by atoms with van der Waals surface area (Å²) in [5.41, 5.74) is 1.38. The molecule has 0 saturated heterocycles. The normalized spacial score (nSPS) is 10.9. The van der Waals surface area contributed by atoms with Gasteiger partial charge in [-0.3, -0.25) is 9.59 Å². The van der Waals surface area contributed by atoms with E-state index in [-0.39, 0.29) is 23.8 Å². The summed E-state index contributed by atoms with van der Waals surface area (Å²) in [7, 11) is 4.54. The van der Waals surface area contributed by atoms with Gasteiger partial charge in [0.1, 0.15) is 11.6 Å². The third-order valence-electron chi connectivity index (χ3n) is 4.66. The molecule has 0 radical (unpaired) electrons. The highest BCUT2D eigenvalue weighted by molar-refractivity contribution is 9.10. The molecule has 8 nitrogen and oxygen atoms in total. The minimum Gasteiger partial charge on any atom is -0.493 e.